The summed E-state index contributed by atoms with van der Waals surface area (Å²) in [5, 5.41) is 3.28. The zero-order valence-electron chi connectivity index (χ0n) is 16.4. The van der Waals surface area contributed by atoms with Crippen molar-refractivity contribution >= 4 is 0 Å². The van der Waals surface area contributed by atoms with Gasteiger partial charge in [-0.1, -0.05) is 24.3 Å². The molecular formula is C22H23F6NO. The Morgan fingerprint density at radius 2 is 1.60 bits per heavy atom. The normalized spacial score (nSPS) is 20.4. The van der Waals surface area contributed by atoms with Crippen LogP contribution in [-0.4, -0.2) is 19.7 Å². The molecule has 1 heterocycles. The van der Waals surface area contributed by atoms with E-state index >= 15 is 0 Å². The molecule has 2 nitrogen and oxygen atoms in total. The van der Waals surface area contributed by atoms with Crippen LogP contribution in [-0.2, 0) is 23.7 Å². The van der Waals surface area contributed by atoms with E-state index in [0.29, 0.717) is 18.7 Å². The SMILES string of the molecule is Cc1ccccc1C1CCNC[C@H]1COCc1cc(C(F)(F)F)cc(C(F)(F)F)c1. The Kier molecular flexibility index (Phi) is 6.77. The largest absolute Gasteiger partial charge is 0.416 e. The van der Waals surface area contributed by atoms with Gasteiger partial charge in [-0.25, -0.2) is 0 Å². The lowest BCUT2D eigenvalue weighted by atomic mass is 9.80. The summed E-state index contributed by atoms with van der Waals surface area (Å²) in [6, 6.07) is 9.56. The van der Waals surface area contributed by atoms with E-state index in [9.17, 15) is 26.3 Å². The van der Waals surface area contributed by atoms with Crippen molar-refractivity contribution < 1.29 is 31.1 Å². The molecule has 0 aliphatic carbocycles. The maximum Gasteiger partial charge on any atom is 0.416 e. The minimum atomic E-state index is -4.86. The highest BCUT2D eigenvalue weighted by Crippen LogP contribution is 2.37. The molecule has 0 aromatic heterocycles. The predicted molar refractivity (Wildman–Crippen MR) is 101 cm³/mol. The Morgan fingerprint density at radius 1 is 0.967 bits per heavy atom. The number of benzene rings is 2. The maximum absolute atomic E-state index is 13.0. The number of hydrogen-bond donors (Lipinski definition) is 1. The first-order valence-electron chi connectivity index (χ1n) is 9.68. The van der Waals surface area contributed by atoms with Crippen LogP contribution >= 0.6 is 0 Å². The average molecular weight is 431 g/mol. The van der Waals surface area contributed by atoms with Gasteiger partial charge in [0.15, 0.2) is 0 Å². The van der Waals surface area contributed by atoms with Crippen molar-refractivity contribution in [3.8, 4) is 0 Å². The zero-order valence-corrected chi connectivity index (χ0v) is 16.4. The Hall–Kier alpha value is -2.06. The molecule has 8 heteroatoms. The van der Waals surface area contributed by atoms with Crippen LogP contribution in [0.1, 0.15) is 40.2 Å². The molecule has 0 spiro atoms. The first-order valence-corrected chi connectivity index (χ1v) is 9.68. The monoisotopic (exact) mass is 431 g/mol. The number of nitrogens with one attached hydrogen (secondary N) is 1. The number of aryl methyl sites for hydroxylation is 1. The fourth-order valence-electron chi connectivity index (χ4n) is 3.94. The number of halogens is 6. The molecule has 0 amide bonds. The maximum atomic E-state index is 13.0. The Balaban J connectivity index is 1.72. The summed E-state index contributed by atoms with van der Waals surface area (Å²) in [5.74, 6) is 0.299. The van der Waals surface area contributed by atoms with Crippen LogP contribution in [0.3, 0.4) is 0 Å². The van der Waals surface area contributed by atoms with E-state index in [1.165, 1.54) is 5.56 Å². The fourth-order valence-corrected chi connectivity index (χ4v) is 3.94. The highest BCUT2D eigenvalue weighted by Gasteiger charge is 2.37. The molecule has 30 heavy (non-hydrogen) atoms. The van der Waals surface area contributed by atoms with Crippen LogP contribution < -0.4 is 5.32 Å². The predicted octanol–water partition coefficient (Wildman–Crippen LogP) is 5.94. The third-order valence-corrected chi connectivity index (χ3v) is 5.44. The summed E-state index contributed by atoms with van der Waals surface area (Å²) >= 11 is 0. The van der Waals surface area contributed by atoms with Gasteiger partial charge in [-0.2, -0.15) is 26.3 Å². The fraction of sp³-hybridized carbons (Fsp3) is 0.455. The Labute approximate surface area is 171 Å². The van der Waals surface area contributed by atoms with Gasteiger partial charge in [0.25, 0.3) is 0 Å². The van der Waals surface area contributed by atoms with Crippen LogP contribution in [0, 0.1) is 12.8 Å². The van der Waals surface area contributed by atoms with E-state index in [1.807, 2.05) is 25.1 Å². The summed E-state index contributed by atoms with van der Waals surface area (Å²) < 4.78 is 83.7. The molecule has 2 aromatic rings. The Bertz CT molecular complexity index is 829. The van der Waals surface area contributed by atoms with Gasteiger partial charge in [0, 0.05) is 12.5 Å². The molecule has 0 saturated carbocycles. The smallest absolute Gasteiger partial charge is 0.376 e. The molecule has 0 radical (unpaired) electrons. The lowest BCUT2D eigenvalue weighted by molar-refractivity contribution is -0.143. The molecular weight excluding hydrogens is 408 g/mol. The van der Waals surface area contributed by atoms with E-state index in [0.717, 1.165) is 18.5 Å². The topological polar surface area (TPSA) is 21.3 Å². The van der Waals surface area contributed by atoms with Gasteiger partial charge in [-0.3, -0.25) is 0 Å². The van der Waals surface area contributed by atoms with E-state index in [-0.39, 0.29) is 36.7 Å². The third kappa shape index (κ3) is 5.55. The van der Waals surface area contributed by atoms with Gasteiger partial charge in [0.2, 0.25) is 0 Å². The molecule has 0 bridgehead atoms. The van der Waals surface area contributed by atoms with Crippen molar-refractivity contribution in [3.63, 3.8) is 0 Å². The molecule has 1 aliphatic heterocycles. The highest BCUT2D eigenvalue weighted by molar-refractivity contribution is 5.33. The second-order valence-electron chi connectivity index (χ2n) is 7.65. The van der Waals surface area contributed by atoms with E-state index in [2.05, 4.69) is 11.4 Å². The van der Waals surface area contributed by atoms with Crippen LogP contribution in [0.4, 0.5) is 26.3 Å². The second kappa shape index (κ2) is 8.98. The summed E-state index contributed by atoms with van der Waals surface area (Å²) in [7, 11) is 0. The summed E-state index contributed by atoms with van der Waals surface area (Å²) in [6.07, 6.45) is -8.83. The van der Waals surface area contributed by atoms with Crippen molar-refractivity contribution in [2.75, 3.05) is 19.7 Å². The number of rotatable bonds is 5. The summed E-state index contributed by atoms with van der Waals surface area (Å²) in [6.45, 7) is 3.47. The first-order chi connectivity index (χ1) is 14.1. The minimum Gasteiger partial charge on any atom is -0.376 e. The minimum absolute atomic E-state index is 0.0766. The van der Waals surface area contributed by atoms with Crippen molar-refractivity contribution in [2.45, 2.75) is 38.2 Å². The molecule has 1 saturated heterocycles. The highest BCUT2D eigenvalue weighted by atomic mass is 19.4. The van der Waals surface area contributed by atoms with E-state index in [4.69, 9.17) is 4.74 Å². The van der Waals surface area contributed by atoms with Crippen LogP contribution in [0.5, 0.6) is 0 Å². The molecule has 1 unspecified atom stereocenters. The van der Waals surface area contributed by atoms with Gasteiger partial charge in [-0.15, -0.1) is 0 Å². The van der Waals surface area contributed by atoms with Gasteiger partial charge in [-0.05, 0) is 60.7 Å². The van der Waals surface area contributed by atoms with Gasteiger partial charge < -0.3 is 10.1 Å². The second-order valence-corrected chi connectivity index (χ2v) is 7.65. The van der Waals surface area contributed by atoms with E-state index in [1.54, 1.807) is 0 Å². The van der Waals surface area contributed by atoms with Crippen molar-refractivity contribution in [3.05, 3.63) is 70.3 Å². The van der Waals surface area contributed by atoms with Crippen molar-refractivity contribution in [1.82, 2.24) is 5.32 Å². The molecule has 2 aromatic carbocycles. The summed E-state index contributed by atoms with van der Waals surface area (Å²) in [5.41, 5.74) is -0.442. The lowest BCUT2D eigenvalue weighted by Gasteiger charge is -2.33. The molecule has 1 fully saturated rings. The molecule has 1 aliphatic rings. The third-order valence-electron chi connectivity index (χ3n) is 5.44. The number of alkyl halides is 6. The number of piperidine rings is 1. The molecule has 2 atom stereocenters. The number of hydrogen-bond acceptors (Lipinski definition) is 2. The van der Waals surface area contributed by atoms with Crippen LogP contribution in [0.2, 0.25) is 0 Å². The van der Waals surface area contributed by atoms with Crippen molar-refractivity contribution in [2.24, 2.45) is 5.92 Å². The van der Waals surface area contributed by atoms with E-state index < -0.39 is 23.5 Å². The van der Waals surface area contributed by atoms with Crippen molar-refractivity contribution in [1.29, 1.82) is 0 Å². The Morgan fingerprint density at radius 3 is 2.20 bits per heavy atom. The van der Waals surface area contributed by atoms with Crippen LogP contribution in [0.25, 0.3) is 0 Å². The van der Waals surface area contributed by atoms with Crippen LogP contribution in [0.15, 0.2) is 42.5 Å². The quantitative estimate of drug-likeness (QED) is 0.592. The lowest BCUT2D eigenvalue weighted by Crippen LogP contribution is -2.38. The average Bonchev–Trinajstić information content (AvgIpc) is 2.67. The number of ether oxygens (including phenoxy) is 1. The molecule has 1 N–H and O–H groups in total. The zero-order chi connectivity index (χ0) is 21.9. The first kappa shape index (κ1) is 22.6. The molecule has 3 rings (SSSR count). The summed E-state index contributed by atoms with van der Waals surface area (Å²) in [4.78, 5) is 0. The van der Waals surface area contributed by atoms with Gasteiger partial charge >= 0.3 is 12.4 Å². The van der Waals surface area contributed by atoms with Gasteiger partial charge in [0.05, 0.1) is 24.3 Å². The molecule has 164 valence electrons. The standard InChI is InChI=1S/C22H23F6NO/c1-14-4-2-3-5-19(14)20-6-7-29-11-16(20)13-30-12-15-8-17(21(23,24)25)10-18(9-15)22(26,27)28/h2-5,8-10,16,20,29H,6-7,11-13H2,1H3/t16-,20?/m0/s1. The van der Waals surface area contributed by atoms with Gasteiger partial charge in [0.1, 0.15) is 0 Å².